The molecule has 4 rings (SSSR count). The Morgan fingerprint density at radius 3 is 2.78 bits per heavy atom. The summed E-state index contributed by atoms with van der Waals surface area (Å²) >= 11 is 0. The molecule has 0 amide bonds. The van der Waals surface area contributed by atoms with Crippen molar-refractivity contribution in [2.45, 2.75) is 26.4 Å². The third-order valence-corrected chi connectivity index (χ3v) is 4.92. The first-order chi connectivity index (χ1) is 11.1. The zero-order chi connectivity index (χ0) is 16.1. The fourth-order valence-corrected chi connectivity index (χ4v) is 3.95. The molecule has 0 aliphatic carbocycles. The van der Waals surface area contributed by atoms with Crippen LogP contribution in [-0.4, -0.2) is 22.1 Å². The van der Waals surface area contributed by atoms with Crippen LogP contribution in [0.15, 0.2) is 36.5 Å². The third kappa shape index (κ3) is 2.15. The van der Waals surface area contributed by atoms with Gasteiger partial charge in [-0.25, -0.2) is 0 Å². The number of aromatic nitrogens is 1. The molecule has 3 aromatic rings. The normalized spacial score (nSPS) is 15.4. The molecular formula is C20H23N3. The smallest absolute Gasteiger partial charge is 0.0524 e. The molecule has 2 heterocycles. The summed E-state index contributed by atoms with van der Waals surface area (Å²) < 4.78 is 2.32. The van der Waals surface area contributed by atoms with Crippen molar-refractivity contribution in [2.75, 3.05) is 6.54 Å². The van der Waals surface area contributed by atoms with Crippen molar-refractivity contribution in [3.63, 3.8) is 0 Å². The summed E-state index contributed by atoms with van der Waals surface area (Å²) in [5.41, 5.74) is 12.7. The Bertz CT molecular complexity index is 931. The van der Waals surface area contributed by atoms with Crippen molar-refractivity contribution >= 4 is 27.9 Å². The van der Waals surface area contributed by atoms with Gasteiger partial charge >= 0.3 is 0 Å². The molecule has 0 bridgehead atoms. The lowest BCUT2D eigenvalue weighted by Crippen LogP contribution is -2.33. The number of para-hydroxylation sites is 1. The molecule has 0 spiro atoms. The average Bonchev–Trinajstić information content (AvgIpc) is 2.80. The minimum Gasteiger partial charge on any atom is -0.371 e. The molecule has 23 heavy (non-hydrogen) atoms. The van der Waals surface area contributed by atoms with E-state index in [4.69, 9.17) is 5.73 Å². The standard InChI is InChI=1S/C20H23N3/c1-13(21)11-23-9-8-16-14(2)20-18(10-15(16)12-23)17-6-4-5-7-19(17)22(20)3/h4-10,13H,11-12,21H2,1-3H3/t13-/m1/s1. The van der Waals surface area contributed by atoms with E-state index in [2.05, 4.69) is 73.0 Å². The number of fused-ring (bicyclic) bond motifs is 4. The van der Waals surface area contributed by atoms with Gasteiger partial charge in [-0.15, -0.1) is 0 Å². The third-order valence-electron chi connectivity index (χ3n) is 4.92. The van der Waals surface area contributed by atoms with E-state index in [-0.39, 0.29) is 6.04 Å². The maximum atomic E-state index is 5.96. The van der Waals surface area contributed by atoms with Gasteiger partial charge < -0.3 is 15.2 Å². The summed E-state index contributed by atoms with van der Waals surface area (Å²) in [6.07, 6.45) is 4.43. The van der Waals surface area contributed by atoms with Crippen molar-refractivity contribution in [2.24, 2.45) is 12.8 Å². The maximum Gasteiger partial charge on any atom is 0.0524 e. The summed E-state index contributed by atoms with van der Waals surface area (Å²) in [7, 11) is 2.17. The van der Waals surface area contributed by atoms with E-state index in [0.717, 1.165) is 13.1 Å². The second kappa shape index (κ2) is 5.14. The van der Waals surface area contributed by atoms with E-state index < -0.39 is 0 Å². The number of benzene rings is 2. The molecule has 3 heteroatoms. The van der Waals surface area contributed by atoms with Crippen molar-refractivity contribution in [3.05, 3.63) is 53.2 Å². The Hall–Kier alpha value is -2.26. The predicted octanol–water partition coefficient (Wildman–Crippen LogP) is 3.77. The SMILES string of the molecule is Cc1c2c(cc3c4ccccc4n(C)c13)CN(C[C@@H](C)N)C=C2. The molecule has 0 saturated carbocycles. The first-order valence-electron chi connectivity index (χ1n) is 8.23. The summed E-state index contributed by atoms with van der Waals surface area (Å²) in [6.45, 7) is 6.13. The molecule has 3 nitrogen and oxygen atoms in total. The number of nitrogens with zero attached hydrogens (tertiary/aromatic N) is 2. The molecule has 1 aromatic heterocycles. The van der Waals surface area contributed by atoms with Crippen LogP contribution in [0, 0.1) is 6.92 Å². The van der Waals surface area contributed by atoms with Crippen molar-refractivity contribution in [1.29, 1.82) is 0 Å². The van der Waals surface area contributed by atoms with Crippen molar-refractivity contribution < 1.29 is 0 Å². The van der Waals surface area contributed by atoms with E-state index in [1.54, 1.807) is 0 Å². The van der Waals surface area contributed by atoms with Gasteiger partial charge in [0.15, 0.2) is 0 Å². The highest BCUT2D eigenvalue weighted by molar-refractivity contribution is 6.10. The summed E-state index contributed by atoms with van der Waals surface area (Å²) in [5, 5.41) is 2.69. The summed E-state index contributed by atoms with van der Waals surface area (Å²) in [6, 6.07) is 11.2. The van der Waals surface area contributed by atoms with Gasteiger partial charge in [-0.2, -0.15) is 0 Å². The molecule has 1 atom stereocenters. The van der Waals surface area contributed by atoms with Gasteiger partial charge in [0, 0.05) is 48.7 Å². The number of nitrogens with two attached hydrogens (primary N) is 1. The highest BCUT2D eigenvalue weighted by Gasteiger charge is 2.19. The van der Waals surface area contributed by atoms with E-state index >= 15 is 0 Å². The number of rotatable bonds is 2. The first-order valence-corrected chi connectivity index (χ1v) is 8.23. The molecule has 0 unspecified atom stereocenters. The highest BCUT2D eigenvalue weighted by atomic mass is 15.1. The van der Waals surface area contributed by atoms with Gasteiger partial charge in [0.05, 0.1) is 5.52 Å². The molecule has 2 aromatic carbocycles. The van der Waals surface area contributed by atoms with Gasteiger partial charge in [-0.3, -0.25) is 0 Å². The zero-order valence-corrected chi connectivity index (χ0v) is 14.0. The monoisotopic (exact) mass is 305 g/mol. The summed E-state index contributed by atoms with van der Waals surface area (Å²) in [5.74, 6) is 0. The van der Waals surface area contributed by atoms with Crippen LogP contribution in [0.4, 0.5) is 0 Å². The van der Waals surface area contributed by atoms with E-state index in [1.165, 1.54) is 38.5 Å². The van der Waals surface area contributed by atoms with Crippen LogP contribution < -0.4 is 5.73 Å². The topological polar surface area (TPSA) is 34.2 Å². The molecule has 1 aliphatic heterocycles. The van der Waals surface area contributed by atoms with Crippen molar-refractivity contribution in [3.8, 4) is 0 Å². The number of hydrogen-bond donors (Lipinski definition) is 1. The second-order valence-electron chi connectivity index (χ2n) is 6.77. The average molecular weight is 305 g/mol. The Balaban J connectivity index is 1.95. The molecule has 0 saturated heterocycles. The van der Waals surface area contributed by atoms with Gasteiger partial charge in [-0.05, 0) is 48.7 Å². The second-order valence-corrected chi connectivity index (χ2v) is 6.77. The fraction of sp³-hybridized carbons (Fsp3) is 0.300. The molecular weight excluding hydrogens is 282 g/mol. The van der Waals surface area contributed by atoms with E-state index in [1.807, 2.05) is 0 Å². The maximum absolute atomic E-state index is 5.96. The van der Waals surface area contributed by atoms with Gasteiger partial charge in [0.1, 0.15) is 0 Å². The Kier molecular flexibility index (Phi) is 3.20. The zero-order valence-electron chi connectivity index (χ0n) is 14.0. The highest BCUT2D eigenvalue weighted by Crippen LogP contribution is 2.35. The first kappa shape index (κ1) is 14.3. The van der Waals surface area contributed by atoms with Crippen LogP contribution in [-0.2, 0) is 13.6 Å². The minimum absolute atomic E-state index is 0.184. The summed E-state index contributed by atoms with van der Waals surface area (Å²) in [4.78, 5) is 2.31. The lowest BCUT2D eigenvalue weighted by Gasteiger charge is -2.28. The van der Waals surface area contributed by atoms with Gasteiger partial charge in [0.2, 0.25) is 0 Å². The van der Waals surface area contributed by atoms with Crippen LogP contribution in [0.1, 0.15) is 23.6 Å². The molecule has 2 N–H and O–H groups in total. The molecule has 118 valence electrons. The Labute approximate surface area is 137 Å². The van der Waals surface area contributed by atoms with Crippen LogP contribution in [0.25, 0.3) is 27.9 Å². The van der Waals surface area contributed by atoms with Crippen LogP contribution in [0.3, 0.4) is 0 Å². The number of aryl methyl sites for hydroxylation is 2. The van der Waals surface area contributed by atoms with Gasteiger partial charge in [-0.1, -0.05) is 18.2 Å². The number of hydrogen-bond acceptors (Lipinski definition) is 2. The van der Waals surface area contributed by atoms with Gasteiger partial charge in [0.25, 0.3) is 0 Å². The Morgan fingerprint density at radius 2 is 2.00 bits per heavy atom. The quantitative estimate of drug-likeness (QED) is 0.782. The largest absolute Gasteiger partial charge is 0.371 e. The van der Waals surface area contributed by atoms with Crippen LogP contribution in [0.5, 0.6) is 0 Å². The van der Waals surface area contributed by atoms with E-state index in [9.17, 15) is 0 Å². The molecule has 1 aliphatic rings. The minimum atomic E-state index is 0.184. The Morgan fingerprint density at radius 1 is 1.22 bits per heavy atom. The van der Waals surface area contributed by atoms with Crippen LogP contribution >= 0.6 is 0 Å². The fourth-order valence-electron chi connectivity index (χ4n) is 3.95. The lowest BCUT2D eigenvalue weighted by molar-refractivity contribution is 0.346. The molecule has 0 fully saturated rings. The van der Waals surface area contributed by atoms with Crippen LogP contribution in [0.2, 0.25) is 0 Å². The predicted molar refractivity (Wildman–Crippen MR) is 98.3 cm³/mol. The molecule has 0 radical (unpaired) electrons. The lowest BCUT2D eigenvalue weighted by atomic mass is 9.95. The van der Waals surface area contributed by atoms with Crippen molar-refractivity contribution in [1.82, 2.24) is 9.47 Å². The van der Waals surface area contributed by atoms with E-state index in [0.29, 0.717) is 0 Å².